The highest BCUT2D eigenvalue weighted by atomic mass is 16.6. The normalized spacial score (nSPS) is 10.6. The van der Waals surface area contributed by atoms with E-state index in [9.17, 15) is 10.1 Å². The molecule has 0 amide bonds. The molecular weight excluding hydrogens is 254 g/mol. The Balaban J connectivity index is 2.27. The van der Waals surface area contributed by atoms with Gasteiger partial charge in [-0.25, -0.2) is 0 Å². The molecular formula is C15H11N3O2. The number of nitro groups is 1. The SMILES string of the molecule is Nc1ccc(-c2cc([N+](=O)[O-])c3ccncc3c2)cc1. The topological polar surface area (TPSA) is 82.0 Å². The molecule has 3 aromatic rings. The van der Waals surface area contributed by atoms with Crippen LogP contribution in [0.4, 0.5) is 11.4 Å². The summed E-state index contributed by atoms with van der Waals surface area (Å²) >= 11 is 0. The molecule has 98 valence electrons. The standard InChI is InChI=1S/C15H11N3O2/c16-13-3-1-10(2-4-13)11-7-12-9-17-6-5-14(12)15(8-11)18(19)20/h1-9H,16H2. The molecule has 0 aliphatic rings. The van der Waals surface area contributed by atoms with Gasteiger partial charge in [0.05, 0.1) is 10.3 Å². The minimum Gasteiger partial charge on any atom is -0.399 e. The first-order chi connectivity index (χ1) is 9.65. The summed E-state index contributed by atoms with van der Waals surface area (Å²) in [4.78, 5) is 14.9. The summed E-state index contributed by atoms with van der Waals surface area (Å²) in [6.07, 6.45) is 3.18. The van der Waals surface area contributed by atoms with Crippen molar-refractivity contribution in [2.45, 2.75) is 0 Å². The smallest absolute Gasteiger partial charge is 0.277 e. The fourth-order valence-electron chi connectivity index (χ4n) is 2.18. The summed E-state index contributed by atoms with van der Waals surface area (Å²) in [7, 11) is 0. The third kappa shape index (κ3) is 2.05. The van der Waals surface area contributed by atoms with Gasteiger partial charge in [0.15, 0.2) is 0 Å². The van der Waals surface area contributed by atoms with Gasteiger partial charge in [-0.1, -0.05) is 12.1 Å². The second-order valence-electron chi connectivity index (χ2n) is 4.47. The van der Waals surface area contributed by atoms with Gasteiger partial charge in [-0.05, 0) is 35.4 Å². The first-order valence-electron chi connectivity index (χ1n) is 6.03. The molecule has 5 heteroatoms. The Kier molecular flexibility index (Phi) is 2.80. The molecule has 5 nitrogen and oxygen atoms in total. The average Bonchev–Trinajstić information content (AvgIpc) is 2.46. The maximum absolute atomic E-state index is 11.2. The Bertz CT molecular complexity index is 798. The van der Waals surface area contributed by atoms with E-state index < -0.39 is 0 Å². The van der Waals surface area contributed by atoms with Crippen molar-refractivity contribution in [1.82, 2.24) is 4.98 Å². The van der Waals surface area contributed by atoms with E-state index in [1.54, 1.807) is 36.7 Å². The number of aromatic nitrogens is 1. The van der Waals surface area contributed by atoms with Crippen molar-refractivity contribution in [2.24, 2.45) is 0 Å². The fraction of sp³-hybridized carbons (Fsp3) is 0. The largest absolute Gasteiger partial charge is 0.399 e. The van der Waals surface area contributed by atoms with E-state index in [2.05, 4.69) is 4.98 Å². The van der Waals surface area contributed by atoms with Gasteiger partial charge in [-0.2, -0.15) is 0 Å². The van der Waals surface area contributed by atoms with Gasteiger partial charge in [0.2, 0.25) is 0 Å². The number of nitrogens with two attached hydrogens (primary N) is 1. The van der Waals surface area contributed by atoms with Crippen LogP contribution >= 0.6 is 0 Å². The van der Waals surface area contributed by atoms with Crippen molar-refractivity contribution >= 4 is 22.1 Å². The van der Waals surface area contributed by atoms with Crippen LogP contribution in [0.1, 0.15) is 0 Å². The zero-order valence-corrected chi connectivity index (χ0v) is 10.5. The zero-order valence-electron chi connectivity index (χ0n) is 10.5. The van der Waals surface area contributed by atoms with Crippen LogP contribution in [0.5, 0.6) is 0 Å². The lowest BCUT2D eigenvalue weighted by Crippen LogP contribution is -1.92. The molecule has 2 N–H and O–H groups in total. The van der Waals surface area contributed by atoms with Crippen LogP contribution in [0.15, 0.2) is 54.9 Å². The Hall–Kier alpha value is -2.95. The van der Waals surface area contributed by atoms with Gasteiger partial charge in [0.1, 0.15) is 0 Å². The van der Waals surface area contributed by atoms with Crippen LogP contribution in [0, 0.1) is 10.1 Å². The third-order valence-corrected chi connectivity index (χ3v) is 3.17. The summed E-state index contributed by atoms with van der Waals surface area (Å²) in [5.41, 5.74) is 8.05. The Morgan fingerprint density at radius 3 is 2.50 bits per heavy atom. The van der Waals surface area contributed by atoms with Crippen LogP contribution in [0.25, 0.3) is 21.9 Å². The van der Waals surface area contributed by atoms with Crippen molar-refractivity contribution in [3.8, 4) is 11.1 Å². The molecule has 0 unspecified atom stereocenters. The van der Waals surface area contributed by atoms with E-state index in [0.29, 0.717) is 11.1 Å². The lowest BCUT2D eigenvalue weighted by atomic mass is 10.0. The predicted molar refractivity (Wildman–Crippen MR) is 78.2 cm³/mol. The van der Waals surface area contributed by atoms with Crippen molar-refractivity contribution in [3.63, 3.8) is 0 Å². The number of hydrogen-bond acceptors (Lipinski definition) is 4. The van der Waals surface area contributed by atoms with E-state index >= 15 is 0 Å². The Labute approximate surface area is 114 Å². The van der Waals surface area contributed by atoms with E-state index in [1.807, 2.05) is 18.2 Å². The van der Waals surface area contributed by atoms with E-state index in [4.69, 9.17) is 5.73 Å². The molecule has 0 aliphatic carbocycles. The number of pyridine rings is 1. The van der Waals surface area contributed by atoms with E-state index in [0.717, 1.165) is 16.5 Å². The quantitative estimate of drug-likeness (QED) is 0.437. The Morgan fingerprint density at radius 2 is 1.80 bits per heavy atom. The second-order valence-corrected chi connectivity index (χ2v) is 4.47. The number of benzene rings is 2. The first kappa shape index (κ1) is 12.1. The van der Waals surface area contributed by atoms with Crippen LogP contribution in [0.2, 0.25) is 0 Å². The summed E-state index contributed by atoms with van der Waals surface area (Å²) < 4.78 is 0. The van der Waals surface area contributed by atoms with Crippen molar-refractivity contribution in [2.75, 3.05) is 5.73 Å². The highest BCUT2D eigenvalue weighted by Gasteiger charge is 2.14. The van der Waals surface area contributed by atoms with Crippen molar-refractivity contribution < 1.29 is 4.92 Å². The summed E-state index contributed by atoms with van der Waals surface area (Å²) in [5.74, 6) is 0. The predicted octanol–water partition coefficient (Wildman–Crippen LogP) is 3.39. The zero-order chi connectivity index (χ0) is 14.1. The minimum atomic E-state index is -0.372. The molecule has 2 aromatic carbocycles. The van der Waals surface area contributed by atoms with E-state index in [1.165, 1.54) is 0 Å². The van der Waals surface area contributed by atoms with Crippen molar-refractivity contribution in [3.05, 3.63) is 65.0 Å². The second kappa shape index (κ2) is 4.62. The number of nitrogens with zero attached hydrogens (tertiary/aromatic N) is 2. The number of anilines is 1. The fourth-order valence-corrected chi connectivity index (χ4v) is 2.18. The van der Waals surface area contributed by atoms with Crippen LogP contribution in [-0.2, 0) is 0 Å². The molecule has 1 heterocycles. The highest BCUT2D eigenvalue weighted by Crippen LogP contribution is 2.32. The minimum absolute atomic E-state index is 0.0803. The maximum Gasteiger partial charge on any atom is 0.277 e. The van der Waals surface area contributed by atoms with Gasteiger partial charge in [-0.15, -0.1) is 0 Å². The lowest BCUT2D eigenvalue weighted by molar-refractivity contribution is -0.383. The summed E-state index contributed by atoms with van der Waals surface area (Å²) in [6, 6.07) is 12.4. The van der Waals surface area contributed by atoms with Crippen LogP contribution < -0.4 is 5.73 Å². The third-order valence-electron chi connectivity index (χ3n) is 3.17. The molecule has 0 radical (unpaired) electrons. The molecule has 0 atom stereocenters. The monoisotopic (exact) mass is 265 g/mol. The molecule has 20 heavy (non-hydrogen) atoms. The number of nitrogen functional groups attached to an aromatic ring is 1. The summed E-state index contributed by atoms with van der Waals surface area (Å²) in [5, 5.41) is 12.5. The highest BCUT2D eigenvalue weighted by molar-refractivity contribution is 5.94. The number of hydrogen-bond donors (Lipinski definition) is 1. The van der Waals surface area contributed by atoms with Gasteiger partial charge in [0.25, 0.3) is 5.69 Å². The summed E-state index contributed by atoms with van der Waals surface area (Å²) in [6.45, 7) is 0. The molecule has 0 aliphatic heterocycles. The van der Waals surface area contributed by atoms with Crippen LogP contribution in [-0.4, -0.2) is 9.91 Å². The molecule has 0 saturated heterocycles. The van der Waals surface area contributed by atoms with Gasteiger partial charge in [0, 0.05) is 29.5 Å². The molecule has 0 saturated carbocycles. The van der Waals surface area contributed by atoms with E-state index in [-0.39, 0.29) is 10.6 Å². The first-order valence-corrected chi connectivity index (χ1v) is 6.03. The van der Waals surface area contributed by atoms with Gasteiger partial charge in [-0.3, -0.25) is 15.1 Å². The maximum atomic E-state index is 11.2. The average molecular weight is 265 g/mol. The number of nitro benzene ring substituents is 1. The molecule has 0 fully saturated rings. The number of rotatable bonds is 2. The van der Waals surface area contributed by atoms with Gasteiger partial charge < -0.3 is 5.73 Å². The lowest BCUT2D eigenvalue weighted by Gasteiger charge is -2.05. The van der Waals surface area contributed by atoms with Gasteiger partial charge >= 0.3 is 0 Å². The molecule has 0 bridgehead atoms. The molecule has 0 spiro atoms. The van der Waals surface area contributed by atoms with Crippen LogP contribution in [0.3, 0.4) is 0 Å². The molecule has 1 aromatic heterocycles. The number of fused-ring (bicyclic) bond motifs is 1. The number of non-ortho nitro benzene ring substituents is 1. The van der Waals surface area contributed by atoms with Crippen molar-refractivity contribution in [1.29, 1.82) is 0 Å². The Morgan fingerprint density at radius 1 is 1.05 bits per heavy atom. The molecule has 3 rings (SSSR count).